The topological polar surface area (TPSA) is 73.0 Å². The highest BCUT2D eigenvalue weighted by Crippen LogP contribution is 2.53. The SMILES string of the molecule is Cc1sc2c(c1C)C(c1ccc(N3CCN(CC4[C@H]5CN(c6ccc([C@@H]7c8ccc(O)cc8CC[C@@H]7c7ccccc7)cc6)C[C@@H]45)CC3)cc1)=N[C@@H](C)c1nnc(C)n1-2. The summed E-state index contributed by atoms with van der Waals surface area (Å²) in [5, 5.41) is 20.4. The Hall–Kier alpha value is -5.25. The second-order valence-electron chi connectivity index (χ2n) is 17.8. The lowest BCUT2D eigenvalue weighted by Crippen LogP contribution is -2.47. The number of aromatic hydroxyl groups is 1. The molecule has 0 bridgehead atoms. The Labute approximate surface area is 351 Å². The van der Waals surface area contributed by atoms with Crippen molar-refractivity contribution in [2.24, 2.45) is 22.7 Å². The van der Waals surface area contributed by atoms with Crippen LogP contribution in [0, 0.1) is 38.5 Å². The molecule has 4 aromatic carbocycles. The standard InChI is InChI=1S/C50H53N7OS/c1-30-32(3)59-50-46(30)48(51-31(2)49-53-52-33(4)57(49)50)36-12-17-38(18-13-36)55-24-22-54(23-25-55)27-43-44-28-56(29-45(43)44)39-15-10-35(11-16-39)47-41(34-8-6-5-7-9-34)20-14-37-26-40(58)19-21-42(37)47/h5-13,15-19,21,26,31,41,43-45,47,58H,14,20,22-25,27-29H2,1-4H3/t31-,41+,43?,44-,45+,47-/m0/s1. The van der Waals surface area contributed by atoms with Crippen LogP contribution < -0.4 is 9.80 Å². The number of thiophene rings is 1. The van der Waals surface area contributed by atoms with Crippen LogP contribution in [0.15, 0.2) is 102 Å². The first kappa shape index (κ1) is 36.8. The normalized spacial score (nSPS) is 24.8. The molecule has 1 N–H and O–H groups in total. The minimum absolute atomic E-state index is 0.0731. The maximum atomic E-state index is 10.3. The van der Waals surface area contributed by atoms with E-state index in [-0.39, 0.29) is 12.0 Å². The molecule has 3 aliphatic heterocycles. The summed E-state index contributed by atoms with van der Waals surface area (Å²) < 4.78 is 2.21. The highest BCUT2D eigenvalue weighted by atomic mass is 32.1. The lowest BCUT2D eigenvalue weighted by atomic mass is 9.69. The Bertz CT molecular complexity index is 2540. The predicted octanol–water partition coefficient (Wildman–Crippen LogP) is 9.24. The number of benzene rings is 4. The monoisotopic (exact) mass is 799 g/mol. The third kappa shape index (κ3) is 6.40. The largest absolute Gasteiger partial charge is 0.508 e. The molecular weight excluding hydrogens is 747 g/mol. The molecule has 2 saturated heterocycles. The average molecular weight is 800 g/mol. The molecule has 2 aliphatic carbocycles. The van der Waals surface area contributed by atoms with Crippen LogP contribution in [-0.4, -0.2) is 76.3 Å². The van der Waals surface area contributed by atoms with E-state index in [1.54, 1.807) is 0 Å². The van der Waals surface area contributed by atoms with Gasteiger partial charge in [0.1, 0.15) is 22.6 Å². The fourth-order valence-corrected chi connectivity index (χ4v) is 12.3. The van der Waals surface area contributed by atoms with Crippen molar-refractivity contribution in [2.75, 3.05) is 55.6 Å². The summed E-state index contributed by atoms with van der Waals surface area (Å²) in [5.41, 5.74) is 12.8. The van der Waals surface area contributed by atoms with E-state index >= 15 is 0 Å². The molecule has 3 fully saturated rings. The molecule has 59 heavy (non-hydrogen) atoms. The molecule has 5 heterocycles. The van der Waals surface area contributed by atoms with Crippen molar-refractivity contribution in [1.29, 1.82) is 0 Å². The van der Waals surface area contributed by atoms with Crippen LogP contribution >= 0.6 is 11.3 Å². The summed E-state index contributed by atoms with van der Waals surface area (Å²) in [6, 6.07) is 35.6. The van der Waals surface area contributed by atoms with E-state index in [0.717, 1.165) is 79.7 Å². The van der Waals surface area contributed by atoms with Crippen molar-refractivity contribution in [3.63, 3.8) is 0 Å². The lowest BCUT2D eigenvalue weighted by Gasteiger charge is -2.36. The number of rotatable bonds is 7. The number of aromatic nitrogens is 3. The van der Waals surface area contributed by atoms with Crippen molar-refractivity contribution in [3.8, 4) is 10.8 Å². The van der Waals surface area contributed by atoms with Gasteiger partial charge in [0.15, 0.2) is 5.82 Å². The number of aliphatic imine (C=N–C) groups is 1. The summed E-state index contributed by atoms with van der Waals surface area (Å²) in [6.07, 6.45) is 2.09. The van der Waals surface area contributed by atoms with Crippen LogP contribution in [0.3, 0.4) is 0 Å². The van der Waals surface area contributed by atoms with Crippen molar-refractivity contribution in [3.05, 3.63) is 153 Å². The van der Waals surface area contributed by atoms with Gasteiger partial charge in [-0.1, -0.05) is 60.7 Å². The van der Waals surface area contributed by atoms with Gasteiger partial charge in [0, 0.05) is 79.1 Å². The second kappa shape index (κ2) is 14.5. The first-order valence-corrected chi connectivity index (χ1v) is 22.5. The Morgan fingerprint density at radius 2 is 1.47 bits per heavy atom. The van der Waals surface area contributed by atoms with Gasteiger partial charge < -0.3 is 14.9 Å². The molecule has 1 unspecified atom stereocenters. The van der Waals surface area contributed by atoms with Gasteiger partial charge in [-0.15, -0.1) is 21.5 Å². The van der Waals surface area contributed by atoms with E-state index in [0.29, 0.717) is 11.7 Å². The van der Waals surface area contributed by atoms with E-state index in [1.807, 2.05) is 30.4 Å². The van der Waals surface area contributed by atoms with Crippen molar-refractivity contribution in [2.45, 2.75) is 58.4 Å². The average Bonchev–Trinajstić information content (AvgIpc) is 3.53. The van der Waals surface area contributed by atoms with Crippen molar-refractivity contribution in [1.82, 2.24) is 19.7 Å². The Balaban J connectivity index is 0.707. The smallest absolute Gasteiger partial charge is 0.162 e. The molecule has 0 spiro atoms. The summed E-state index contributed by atoms with van der Waals surface area (Å²) in [5.74, 6) is 5.36. The molecule has 9 heteroatoms. The quantitative estimate of drug-likeness (QED) is 0.174. The van der Waals surface area contributed by atoms with E-state index in [4.69, 9.17) is 4.99 Å². The number of aryl methyl sites for hydroxylation is 3. The number of anilines is 2. The lowest BCUT2D eigenvalue weighted by molar-refractivity contribution is 0.239. The van der Waals surface area contributed by atoms with Gasteiger partial charge in [-0.25, -0.2) is 0 Å². The Morgan fingerprint density at radius 1 is 0.763 bits per heavy atom. The van der Waals surface area contributed by atoms with Crippen LogP contribution in [0.4, 0.5) is 11.4 Å². The van der Waals surface area contributed by atoms with Crippen molar-refractivity contribution < 1.29 is 5.11 Å². The molecular formula is C50H53N7OS. The third-order valence-corrected chi connectivity index (χ3v) is 15.7. The van der Waals surface area contributed by atoms with Gasteiger partial charge in [-0.05, 0) is 128 Å². The zero-order valence-corrected chi connectivity index (χ0v) is 35.4. The highest BCUT2D eigenvalue weighted by Gasteiger charge is 2.55. The summed E-state index contributed by atoms with van der Waals surface area (Å²) in [7, 11) is 0. The molecule has 300 valence electrons. The van der Waals surface area contributed by atoms with Crippen LogP contribution in [-0.2, 0) is 6.42 Å². The number of fused-ring (bicyclic) bond motifs is 5. The zero-order chi connectivity index (χ0) is 39.9. The molecule has 6 aromatic rings. The van der Waals surface area contributed by atoms with E-state index in [2.05, 4.69) is 135 Å². The molecule has 8 nitrogen and oxygen atoms in total. The number of hydrogen-bond acceptors (Lipinski definition) is 8. The molecule has 0 amide bonds. The van der Waals surface area contributed by atoms with Crippen LogP contribution in [0.2, 0.25) is 0 Å². The molecule has 0 radical (unpaired) electrons. The first-order chi connectivity index (χ1) is 28.8. The fourth-order valence-electron chi connectivity index (χ4n) is 11.1. The van der Waals surface area contributed by atoms with E-state index in [1.165, 1.54) is 74.3 Å². The van der Waals surface area contributed by atoms with Crippen LogP contribution in [0.25, 0.3) is 5.00 Å². The summed E-state index contributed by atoms with van der Waals surface area (Å²) in [4.78, 5) is 14.5. The molecule has 11 rings (SSSR count). The van der Waals surface area contributed by atoms with E-state index in [9.17, 15) is 5.11 Å². The second-order valence-corrected chi connectivity index (χ2v) is 19.0. The third-order valence-electron chi connectivity index (χ3n) is 14.5. The minimum Gasteiger partial charge on any atom is -0.508 e. The number of hydrogen-bond donors (Lipinski definition) is 1. The zero-order valence-electron chi connectivity index (χ0n) is 34.6. The van der Waals surface area contributed by atoms with Crippen molar-refractivity contribution >= 4 is 28.4 Å². The van der Waals surface area contributed by atoms with Gasteiger partial charge in [0.25, 0.3) is 0 Å². The number of phenols is 1. The maximum Gasteiger partial charge on any atom is 0.162 e. The number of piperidine rings is 1. The van der Waals surface area contributed by atoms with Gasteiger partial charge in [-0.3, -0.25) is 14.5 Å². The summed E-state index contributed by atoms with van der Waals surface area (Å²) >= 11 is 1.81. The number of phenolic OH excluding ortho intramolecular Hbond substituents is 1. The molecule has 1 saturated carbocycles. The Kier molecular flexibility index (Phi) is 9.04. The van der Waals surface area contributed by atoms with Gasteiger partial charge in [0.2, 0.25) is 0 Å². The molecule has 2 aromatic heterocycles. The predicted molar refractivity (Wildman–Crippen MR) is 239 cm³/mol. The molecule has 5 aliphatic rings. The number of piperazine rings is 1. The fraction of sp³-hybridized carbons (Fsp3) is 0.380. The number of nitrogens with zero attached hydrogens (tertiary/aromatic N) is 7. The summed E-state index contributed by atoms with van der Waals surface area (Å²) in [6.45, 7) is 16.5. The van der Waals surface area contributed by atoms with Gasteiger partial charge in [-0.2, -0.15) is 0 Å². The van der Waals surface area contributed by atoms with Crippen LogP contribution in [0.1, 0.15) is 86.7 Å². The maximum absolute atomic E-state index is 10.3. The van der Waals surface area contributed by atoms with Gasteiger partial charge >= 0.3 is 0 Å². The van der Waals surface area contributed by atoms with E-state index < -0.39 is 0 Å². The highest BCUT2D eigenvalue weighted by molar-refractivity contribution is 7.15. The van der Waals surface area contributed by atoms with Crippen LogP contribution in [0.5, 0.6) is 5.75 Å². The Morgan fingerprint density at radius 3 is 2.22 bits per heavy atom. The first-order valence-electron chi connectivity index (χ1n) is 21.7. The van der Waals surface area contributed by atoms with Gasteiger partial charge in [0.05, 0.1) is 5.71 Å². The molecule has 6 atom stereocenters. The minimum atomic E-state index is -0.0731.